The van der Waals surface area contributed by atoms with Gasteiger partial charge in [-0.25, -0.2) is 9.78 Å². The van der Waals surface area contributed by atoms with E-state index in [0.717, 1.165) is 31.1 Å². The predicted octanol–water partition coefficient (Wildman–Crippen LogP) is 1.50. The monoisotopic (exact) mass is 264 g/mol. The first-order chi connectivity index (χ1) is 8.63. The van der Waals surface area contributed by atoms with Gasteiger partial charge in [-0.1, -0.05) is 0 Å². The summed E-state index contributed by atoms with van der Waals surface area (Å²) >= 11 is 1.36. The number of thiazole rings is 1. The standard InChI is InChI=1S/C12H12N2O3S/c1-16-9(15)8-2-18-10(14-8)12(5-13)3-11(4-12)6-17-7-11/h2H,3-4,6-7H2,1H3. The molecule has 1 aromatic heterocycles. The molecule has 2 aliphatic rings. The van der Waals surface area contributed by atoms with Gasteiger partial charge in [-0.2, -0.15) is 5.26 Å². The summed E-state index contributed by atoms with van der Waals surface area (Å²) in [5.74, 6) is -0.452. The van der Waals surface area contributed by atoms with Gasteiger partial charge in [-0.15, -0.1) is 11.3 Å². The second-order valence-corrected chi connectivity index (χ2v) is 5.93. The molecule has 2 heterocycles. The molecule has 0 unspecified atom stereocenters. The molecule has 0 aromatic carbocycles. The first-order valence-corrected chi connectivity index (χ1v) is 6.54. The van der Waals surface area contributed by atoms with Crippen LogP contribution in [-0.2, 0) is 14.9 Å². The molecule has 5 nitrogen and oxygen atoms in total. The van der Waals surface area contributed by atoms with E-state index < -0.39 is 11.4 Å². The zero-order chi connectivity index (χ0) is 12.8. The van der Waals surface area contributed by atoms with Gasteiger partial charge in [0.05, 0.1) is 26.4 Å². The Morgan fingerprint density at radius 2 is 2.33 bits per heavy atom. The molecule has 1 saturated heterocycles. The van der Waals surface area contributed by atoms with Crippen molar-refractivity contribution < 1.29 is 14.3 Å². The first-order valence-electron chi connectivity index (χ1n) is 5.66. The molecule has 1 aromatic rings. The van der Waals surface area contributed by atoms with E-state index in [2.05, 4.69) is 15.8 Å². The summed E-state index contributed by atoms with van der Waals surface area (Å²) in [6.07, 6.45) is 1.56. The van der Waals surface area contributed by atoms with Crippen LogP contribution in [0.4, 0.5) is 0 Å². The van der Waals surface area contributed by atoms with Crippen LogP contribution in [0.2, 0.25) is 0 Å². The molecule has 3 rings (SSSR count). The molecular formula is C12H12N2O3S. The number of nitrogens with zero attached hydrogens (tertiary/aromatic N) is 2. The average molecular weight is 264 g/mol. The highest BCUT2D eigenvalue weighted by Crippen LogP contribution is 2.59. The number of ether oxygens (including phenoxy) is 2. The average Bonchev–Trinajstić information content (AvgIpc) is 2.75. The lowest BCUT2D eigenvalue weighted by Gasteiger charge is -2.56. The van der Waals surface area contributed by atoms with Crippen LogP contribution in [0.5, 0.6) is 0 Å². The predicted molar refractivity (Wildman–Crippen MR) is 63.2 cm³/mol. The van der Waals surface area contributed by atoms with Gasteiger partial charge in [0.15, 0.2) is 5.69 Å². The Balaban J connectivity index is 1.83. The van der Waals surface area contributed by atoms with Crippen molar-refractivity contribution in [3.05, 3.63) is 16.1 Å². The molecule has 0 atom stereocenters. The number of nitriles is 1. The second kappa shape index (κ2) is 3.77. The van der Waals surface area contributed by atoms with E-state index in [0.29, 0.717) is 0 Å². The summed E-state index contributed by atoms with van der Waals surface area (Å²) < 4.78 is 9.84. The molecule has 0 N–H and O–H groups in total. The van der Waals surface area contributed by atoms with Crippen LogP contribution in [0, 0.1) is 16.7 Å². The molecular weight excluding hydrogens is 252 g/mol. The highest BCUT2D eigenvalue weighted by Gasteiger charge is 2.61. The van der Waals surface area contributed by atoms with Crippen LogP contribution in [-0.4, -0.2) is 31.3 Å². The molecule has 0 amide bonds. The maximum Gasteiger partial charge on any atom is 0.357 e. The minimum atomic E-state index is -0.527. The molecule has 1 saturated carbocycles. The van der Waals surface area contributed by atoms with E-state index >= 15 is 0 Å². The lowest BCUT2D eigenvalue weighted by molar-refractivity contribution is -0.178. The number of hydrogen-bond donors (Lipinski definition) is 0. The van der Waals surface area contributed by atoms with Gasteiger partial charge in [-0.3, -0.25) is 0 Å². The van der Waals surface area contributed by atoms with Crippen LogP contribution >= 0.6 is 11.3 Å². The Morgan fingerprint density at radius 3 is 2.83 bits per heavy atom. The van der Waals surface area contributed by atoms with Gasteiger partial charge in [0.25, 0.3) is 0 Å². The van der Waals surface area contributed by atoms with E-state index in [1.165, 1.54) is 18.4 Å². The van der Waals surface area contributed by atoms with Crippen molar-refractivity contribution in [1.29, 1.82) is 5.26 Å². The van der Waals surface area contributed by atoms with E-state index in [1.807, 2.05) is 0 Å². The fraction of sp³-hybridized carbons (Fsp3) is 0.583. The third-order valence-corrected chi connectivity index (χ3v) is 4.74. The third kappa shape index (κ3) is 1.48. The quantitative estimate of drug-likeness (QED) is 0.757. The van der Waals surface area contributed by atoms with Gasteiger partial charge in [0.2, 0.25) is 0 Å². The number of esters is 1. The van der Waals surface area contributed by atoms with Crippen molar-refractivity contribution in [2.45, 2.75) is 18.3 Å². The Hall–Kier alpha value is -1.45. The van der Waals surface area contributed by atoms with Crippen LogP contribution in [0.3, 0.4) is 0 Å². The number of methoxy groups -OCH3 is 1. The van der Waals surface area contributed by atoms with Crippen LogP contribution in [0.15, 0.2) is 5.38 Å². The summed E-state index contributed by atoms with van der Waals surface area (Å²) in [6.45, 7) is 1.48. The Morgan fingerprint density at radius 1 is 1.61 bits per heavy atom. The molecule has 18 heavy (non-hydrogen) atoms. The summed E-state index contributed by atoms with van der Waals surface area (Å²) in [5, 5.41) is 11.8. The number of aromatic nitrogens is 1. The molecule has 94 valence electrons. The minimum absolute atomic E-state index is 0.187. The summed E-state index contributed by atoms with van der Waals surface area (Å²) in [7, 11) is 1.32. The van der Waals surface area contributed by atoms with E-state index in [1.54, 1.807) is 5.38 Å². The summed E-state index contributed by atoms with van der Waals surface area (Å²) in [4.78, 5) is 15.6. The van der Waals surface area contributed by atoms with Gasteiger partial charge in [0, 0.05) is 10.8 Å². The zero-order valence-corrected chi connectivity index (χ0v) is 10.7. The van der Waals surface area contributed by atoms with Gasteiger partial charge in [-0.05, 0) is 12.8 Å². The lowest BCUT2D eigenvalue weighted by atomic mass is 9.52. The first kappa shape index (κ1) is 11.6. The Labute approximate surface area is 108 Å². The van der Waals surface area contributed by atoms with Crippen molar-refractivity contribution in [3.63, 3.8) is 0 Å². The topological polar surface area (TPSA) is 72.2 Å². The van der Waals surface area contributed by atoms with Crippen LogP contribution < -0.4 is 0 Å². The largest absolute Gasteiger partial charge is 0.464 e. The maximum atomic E-state index is 11.4. The lowest BCUT2D eigenvalue weighted by Crippen LogP contribution is -2.59. The number of hydrogen-bond acceptors (Lipinski definition) is 6. The highest BCUT2D eigenvalue weighted by molar-refractivity contribution is 7.10. The Bertz CT molecular complexity index is 534. The summed E-state index contributed by atoms with van der Waals surface area (Å²) in [6, 6.07) is 2.37. The molecule has 2 fully saturated rings. The van der Waals surface area contributed by atoms with Crippen molar-refractivity contribution in [3.8, 4) is 6.07 Å². The Kier molecular flexibility index (Phi) is 2.44. The van der Waals surface area contributed by atoms with Crippen molar-refractivity contribution in [2.75, 3.05) is 20.3 Å². The number of carbonyl (C=O) groups excluding carboxylic acids is 1. The molecule has 1 aliphatic carbocycles. The highest BCUT2D eigenvalue weighted by atomic mass is 32.1. The fourth-order valence-electron chi connectivity index (χ4n) is 2.79. The van der Waals surface area contributed by atoms with Crippen LogP contribution in [0.25, 0.3) is 0 Å². The maximum absolute atomic E-state index is 11.4. The van der Waals surface area contributed by atoms with Crippen molar-refractivity contribution in [1.82, 2.24) is 4.98 Å². The van der Waals surface area contributed by atoms with Gasteiger partial charge in [0.1, 0.15) is 10.4 Å². The van der Waals surface area contributed by atoms with E-state index in [9.17, 15) is 10.1 Å². The van der Waals surface area contributed by atoms with Crippen molar-refractivity contribution in [2.24, 2.45) is 5.41 Å². The molecule has 0 radical (unpaired) electrons. The normalized spacial score (nSPS) is 22.7. The fourth-order valence-corrected chi connectivity index (χ4v) is 3.73. The van der Waals surface area contributed by atoms with E-state index in [4.69, 9.17) is 4.74 Å². The summed E-state index contributed by atoms with van der Waals surface area (Å²) in [5.41, 5.74) is -0.0500. The smallest absolute Gasteiger partial charge is 0.357 e. The molecule has 0 bridgehead atoms. The number of rotatable bonds is 2. The van der Waals surface area contributed by atoms with Gasteiger partial charge >= 0.3 is 5.97 Å². The van der Waals surface area contributed by atoms with Gasteiger partial charge < -0.3 is 9.47 Å². The molecule has 6 heteroatoms. The SMILES string of the molecule is COC(=O)c1csc(C2(C#N)CC3(COC3)C2)n1. The van der Waals surface area contributed by atoms with Crippen molar-refractivity contribution >= 4 is 17.3 Å². The molecule has 1 spiro atoms. The third-order valence-electron chi connectivity index (χ3n) is 3.69. The molecule has 1 aliphatic heterocycles. The second-order valence-electron chi connectivity index (χ2n) is 5.07. The minimum Gasteiger partial charge on any atom is -0.464 e. The van der Waals surface area contributed by atoms with E-state index in [-0.39, 0.29) is 11.1 Å². The van der Waals surface area contributed by atoms with Crippen LogP contribution in [0.1, 0.15) is 28.3 Å². The zero-order valence-electron chi connectivity index (χ0n) is 9.93. The number of carbonyl (C=O) groups is 1.